The van der Waals surface area contributed by atoms with Gasteiger partial charge in [-0.05, 0) is 48.2 Å². The molecular weight excluding hydrogens is 295 g/mol. The maximum atomic E-state index is 12.5. The van der Waals surface area contributed by atoms with Crippen LogP contribution >= 0.6 is 0 Å². The Bertz CT molecular complexity index is 707. The summed E-state index contributed by atoms with van der Waals surface area (Å²) in [5.41, 5.74) is 7.49. The van der Waals surface area contributed by atoms with E-state index in [-0.39, 0.29) is 5.56 Å². The van der Waals surface area contributed by atoms with Gasteiger partial charge in [0.05, 0.1) is 11.1 Å². The summed E-state index contributed by atoms with van der Waals surface area (Å²) in [7, 11) is 0. The Morgan fingerprint density at radius 1 is 1.14 bits per heavy atom. The van der Waals surface area contributed by atoms with Crippen molar-refractivity contribution in [2.24, 2.45) is 0 Å². The van der Waals surface area contributed by atoms with Crippen LogP contribution in [0.5, 0.6) is 0 Å². The topological polar surface area (TPSA) is 63.3 Å². The number of rotatable bonds is 3. The van der Waals surface area contributed by atoms with Crippen LogP contribution in [0.1, 0.15) is 32.6 Å². The molecule has 2 aromatic rings. The van der Waals surface area contributed by atoms with Gasteiger partial charge in [-0.15, -0.1) is 0 Å². The first kappa shape index (κ1) is 15.9. The molecule has 116 valence electrons. The molecule has 0 amide bonds. The summed E-state index contributed by atoms with van der Waals surface area (Å²) < 4.78 is 37.5. The van der Waals surface area contributed by atoms with Crippen LogP contribution in [0.4, 0.5) is 18.9 Å². The zero-order valence-electron chi connectivity index (χ0n) is 11.7. The van der Waals surface area contributed by atoms with Gasteiger partial charge in [0.2, 0.25) is 0 Å². The largest absolute Gasteiger partial charge is 0.478 e. The molecule has 0 fully saturated rings. The van der Waals surface area contributed by atoms with Crippen LogP contribution in [0.3, 0.4) is 0 Å². The van der Waals surface area contributed by atoms with Crippen molar-refractivity contribution in [1.82, 2.24) is 0 Å². The van der Waals surface area contributed by atoms with Gasteiger partial charge in [0.25, 0.3) is 0 Å². The molecule has 2 aromatic carbocycles. The van der Waals surface area contributed by atoms with Crippen molar-refractivity contribution in [3.8, 4) is 0 Å². The van der Waals surface area contributed by atoms with E-state index < -0.39 is 17.7 Å². The number of aromatic carboxylic acids is 1. The molecule has 0 saturated heterocycles. The summed E-state index contributed by atoms with van der Waals surface area (Å²) in [5.74, 6) is -1.06. The van der Waals surface area contributed by atoms with Gasteiger partial charge < -0.3 is 10.8 Å². The number of nitrogen functional groups attached to an aromatic ring is 1. The minimum absolute atomic E-state index is 0.119. The molecule has 0 aliphatic carbocycles. The molecule has 0 spiro atoms. The third kappa shape index (κ3) is 3.21. The van der Waals surface area contributed by atoms with Crippen LogP contribution < -0.4 is 5.73 Å². The van der Waals surface area contributed by atoms with E-state index in [1.807, 2.05) is 0 Å². The van der Waals surface area contributed by atoms with Crippen molar-refractivity contribution in [2.45, 2.75) is 19.5 Å². The Morgan fingerprint density at radius 2 is 1.73 bits per heavy atom. The summed E-state index contributed by atoms with van der Waals surface area (Å²) in [6.45, 7) is 1.61. The van der Waals surface area contributed by atoms with Gasteiger partial charge in [-0.3, -0.25) is 0 Å². The van der Waals surface area contributed by atoms with Gasteiger partial charge in [-0.1, -0.05) is 18.2 Å². The van der Waals surface area contributed by atoms with E-state index in [0.29, 0.717) is 28.8 Å². The van der Waals surface area contributed by atoms with Gasteiger partial charge in [0.15, 0.2) is 0 Å². The normalized spacial score (nSPS) is 11.5. The molecule has 0 heterocycles. The molecule has 0 bridgehead atoms. The first-order chi connectivity index (χ1) is 10.2. The lowest BCUT2D eigenvalue weighted by Gasteiger charge is -2.12. The van der Waals surface area contributed by atoms with Crippen molar-refractivity contribution in [3.63, 3.8) is 0 Å². The highest BCUT2D eigenvalue weighted by Gasteiger charge is 2.29. The molecule has 22 heavy (non-hydrogen) atoms. The molecule has 6 heteroatoms. The van der Waals surface area contributed by atoms with E-state index in [9.17, 15) is 18.0 Å². The quantitative estimate of drug-likeness (QED) is 0.846. The van der Waals surface area contributed by atoms with E-state index in [0.717, 1.165) is 12.1 Å². The van der Waals surface area contributed by atoms with Crippen LogP contribution in [0.15, 0.2) is 36.4 Å². The van der Waals surface area contributed by atoms with E-state index in [1.165, 1.54) is 18.2 Å². The van der Waals surface area contributed by atoms with Crippen molar-refractivity contribution >= 4 is 11.7 Å². The molecule has 3 nitrogen and oxygen atoms in total. The smallest absolute Gasteiger partial charge is 0.416 e. The lowest BCUT2D eigenvalue weighted by atomic mass is 9.97. The predicted molar refractivity (Wildman–Crippen MR) is 76.8 cm³/mol. The molecule has 0 radical (unpaired) electrons. The standard InChI is InChI=1S/C16H14F3NO2/c1-9-13(15(21)22)7-4-11(14(9)20)8-10-2-5-12(6-3-10)16(17,18)19/h2-7H,8,20H2,1H3,(H,21,22). The van der Waals surface area contributed by atoms with Gasteiger partial charge in [-0.25, -0.2) is 4.79 Å². The third-order valence-electron chi connectivity index (χ3n) is 3.51. The maximum absolute atomic E-state index is 12.5. The van der Waals surface area contributed by atoms with Crippen LogP contribution in [-0.4, -0.2) is 11.1 Å². The first-order valence-electron chi connectivity index (χ1n) is 6.47. The Balaban J connectivity index is 2.28. The monoisotopic (exact) mass is 309 g/mol. The zero-order chi connectivity index (χ0) is 16.5. The second-order valence-corrected chi connectivity index (χ2v) is 4.99. The van der Waals surface area contributed by atoms with Crippen LogP contribution in [-0.2, 0) is 12.6 Å². The minimum atomic E-state index is -4.36. The highest BCUT2D eigenvalue weighted by atomic mass is 19.4. The maximum Gasteiger partial charge on any atom is 0.416 e. The fourth-order valence-electron chi connectivity index (χ4n) is 2.20. The lowest BCUT2D eigenvalue weighted by molar-refractivity contribution is -0.137. The Labute approximate surface area is 125 Å². The van der Waals surface area contributed by atoms with Crippen molar-refractivity contribution in [2.75, 3.05) is 5.73 Å². The minimum Gasteiger partial charge on any atom is -0.478 e. The lowest BCUT2D eigenvalue weighted by Crippen LogP contribution is -2.07. The van der Waals surface area contributed by atoms with E-state index in [4.69, 9.17) is 10.8 Å². The highest BCUT2D eigenvalue weighted by Crippen LogP contribution is 2.30. The number of hydrogen-bond acceptors (Lipinski definition) is 2. The Hall–Kier alpha value is -2.50. The van der Waals surface area contributed by atoms with Gasteiger partial charge in [-0.2, -0.15) is 13.2 Å². The first-order valence-corrected chi connectivity index (χ1v) is 6.47. The van der Waals surface area contributed by atoms with Crippen molar-refractivity contribution < 1.29 is 23.1 Å². The molecule has 0 saturated carbocycles. The third-order valence-corrected chi connectivity index (χ3v) is 3.51. The van der Waals surface area contributed by atoms with Crippen LogP contribution in [0, 0.1) is 6.92 Å². The predicted octanol–water partition coefficient (Wildman–Crippen LogP) is 3.89. The van der Waals surface area contributed by atoms with Crippen molar-refractivity contribution in [1.29, 1.82) is 0 Å². The SMILES string of the molecule is Cc1c(C(=O)O)ccc(Cc2ccc(C(F)(F)F)cc2)c1N. The number of nitrogens with two attached hydrogens (primary N) is 1. The summed E-state index contributed by atoms with van der Waals surface area (Å²) in [6, 6.07) is 7.86. The fourth-order valence-corrected chi connectivity index (χ4v) is 2.20. The van der Waals surface area contributed by atoms with Crippen LogP contribution in [0.2, 0.25) is 0 Å². The second-order valence-electron chi connectivity index (χ2n) is 4.99. The number of benzene rings is 2. The molecule has 0 aliphatic heterocycles. The number of alkyl halides is 3. The zero-order valence-corrected chi connectivity index (χ0v) is 11.7. The van der Waals surface area contributed by atoms with Gasteiger partial charge in [0.1, 0.15) is 0 Å². The summed E-state index contributed by atoms with van der Waals surface area (Å²) >= 11 is 0. The summed E-state index contributed by atoms with van der Waals surface area (Å²) in [5, 5.41) is 9.02. The molecule has 2 rings (SSSR count). The van der Waals surface area contributed by atoms with Crippen molar-refractivity contribution in [3.05, 3.63) is 64.2 Å². The molecule has 3 N–H and O–H groups in total. The average molecular weight is 309 g/mol. The second kappa shape index (κ2) is 5.71. The number of carboxylic acids is 1. The molecule has 0 aromatic heterocycles. The molecule has 0 aliphatic rings. The number of carboxylic acid groups (broad SMARTS) is 1. The Kier molecular flexibility index (Phi) is 4.12. The van der Waals surface area contributed by atoms with Crippen LogP contribution in [0.25, 0.3) is 0 Å². The number of hydrogen-bond donors (Lipinski definition) is 2. The summed E-state index contributed by atoms with van der Waals surface area (Å²) in [6.07, 6.45) is -4.03. The van der Waals surface area contributed by atoms with E-state index >= 15 is 0 Å². The summed E-state index contributed by atoms with van der Waals surface area (Å²) in [4.78, 5) is 11.0. The van der Waals surface area contributed by atoms with E-state index in [2.05, 4.69) is 0 Å². The molecule has 0 atom stereocenters. The van der Waals surface area contributed by atoms with Gasteiger partial charge in [0, 0.05) is 5.69 Å². The fraction of sp³-hybridized carbons (Fsp3) is 0.188. The van der Waals surface area contributed by atoms with E-state index in [1.54, 1.807) is 13.0 Å². The molecule has 0 unspecified atom stereocenters. The Morgan fingerprint density at radius 3 is 2.23 bits per heavy atom. The molecular formula is C16H14F3NO2. The average Bonchev–Trinajstić information content (AvgIpc) is 2.43. The number of halogens is 3. The highest BCUT2D eigenvalue weighted by molar-refractivity contribution is 5.91. The van der Waals surface area contributed by atoms with Gasteiger partial charge >= 0.3 is 12.1 Å². The number of carbonyl (C=O) groups is 1. The number of anilines is 1.